The van der Waals surface area contributed by atoms with E-state index in [4.69, 9.17) is 0 Å². The van der Waals surface area contributed by atoms with Gasteiger partial charge >= 0.3 is 6.03 Å². The molecule has 4 heterocycles. The lowest BCUT2D eigenvalue weighted by Crippen LogP contribution is -2.32. The van der Waals surface area contributed by atoms with Gasteiger partial charge < -0.3 is 26.2 Å². The molecule has 0 radical (unpaired) electrons. The fourth-order valence-electron chi connectivity index (χ4n) is 4.60. The number of carbonyl (C=O) groups is 2. The Bertz CT molecular complexity index is 1480. The van der Waals surface area contributed by atoms with Crippen LogP contribution in [0, 0.1) is 0 Å². The molecule has 4 N–H and O–H groups in total. The Morgan fingerprint density at radius 1 is 1.07 bits per heavy atom. The summed E-state index contributed by atoms with van der Waals surface area (Å²) in [6.07, 6.45) is 4.98. The minimum Gasteiger partial charge on any atom is -0.369 e. The first-order valence-corrected chi connectivity index (χ1v) is 12.9. The van der Waals surface area contributed by atoms with Gasteiger partial charge in [-0.3, -0.25) is 9.78 Å². The number of anilines is 2. The molecule has 0 saturated carbocycles. The van der Waals surface area contributed by atoms with Crippen molar-refractivity contribution in [3.8, 4) is 11.3 Å². The molecule has 1 saturated heterocycles. The number of hydrogen-bond acceptors (Lipinski definition) is 8. The van der Waals surface area contributed by atoms with Crippen molar-refractivity contribution in [3.63, 3.8) is 0 Å². The smallest absolute Gasteiger partial charge is 0.317 e. The minimum atomic E-state index is -0.131. The van der Waals surface area contributed by atoms with Gasteiger partial charge in [-0.1, -0.05) is 25.1 Å². The van der Waals surface area contributed by atoms with Gasteiger partial charge in [0.1, 0.15) is 18.0 Å². The molecule has 0 spiro atoms. The van der Waals surface area contributed by atoms with E-state index in [1.54, 1.807) is 30.4 Å². The van der Waals surface area contributed by atoms with Crippen LogP contribution in [-0.2, 0) is 0 Å². The van der Waals surface area contributed by atoms with E-state index >= 15 is 0 Å². The summed E-state index contributed by atoms with van der Waals surface area (Å²) in [5, 5.41) is 13.0. The molecule has 0 aliphatic carbocycles. The van der Waals surface area contributed by atoms with Crippen molar-refractivity contribution in [1.82, 2.24) is 35.5 Å². The first-order valence-electron chi connectivity index (χ1n) is 12.9. The van der Waals surface area contributed by atoms with Gasteiger partial charge in [0.25, 0.3) is 5.91 Å². The number of urea groups is 1. The third-order valence-electron chi connectivity index (χ3n) is 6.75. The summed E-state index contributed by atoms with van der Waals surface area (Å²) in [6, 6.07) is 13.4. The quantitative estimate of drug-likeness (QED) is 0.233. The van der Waals surface area contributed by atoms with Gasteiger partial charge in [0.2, 0.25) is 0 Å². The molecule has 4 aromatic rings. The van der Waals surface area contributed by atoms with E-state index < -0.39 is 0 Å². The normalized spacial score (nSPS) is 13.3. The van der Waals surface area contributed by atoms with Crippen molar-refractivity contribution in [1.29, 1.82) is 0 Å². The number of hydrogen-bond donors (Lipinski definition) is 4. The largest absolute Gasteiger partial charge is 0.369 e. The van der Waals surface area contributed by atoms with E-state index in [-0.39, 0.29) is 31.4 Å². The second kappa shape index (κ2) is 13.1. The van der Waals surface area contributed by atoms with E-state index in [1.807, 2.05) is 36.4 Å². The van der Waals surface area contributed by atoms with Crippen LogP contribution >= 0.6 is 13.5 Å². The van der Waals surface area contributed by atoms with Crippen LogP contribution in [0.1, 0.15) is 28.8 Å². The Hall–Kier alpha value is -4.45. The number of fused-ring (bicyclic) bond motifs is 1. The standard InChI is InChI=1S/C28H31N9O2.H2S/c1-18(20-4-3-5-21-22(27(38)29-2)8-9-31-26(20)21)15-33-25-14-23(35-17-36-25)19-6-7-24(34-16-19)30-10-12-37-13-11-32-28(37)39;/h3-9,14,16-18H,10-13,15H2,1-2H3,(H,29,38)(H,30,34)(H,32,39)(H,33,35,36);1H2/t18-;/m1./s1. The van der Waals surface area contributed by atoms with Crippen LogP contribution in [-0.4, -0.2) is 76.5 Å². The number of benzene rings is 1. The number of carbonyl (C=O) groups excluding carboxylic acids is 2. The molecule has 0 bridgehead atoms. The summed E-state index contributed by atoms with van der Waals surface area (Å²) in [5.41, 5.74) is 4.11. The van der Waals surface area contributed by atoms with Gasteiger partial charge in [-0.25, -0.2) is 19.7 Å². The Morgan fingerprint density at radius 3 is 2.70 bits per heavy atom. The molecule has 1 atom stereocenters. The molecule has 3 aromatic heterocycles. The van der Waals surface area contributed by atoms with E-state index in [2.05, 4.69) is 48.1 Å². The van der Waals surface area contributed by atoms with Crippen molar-refractivity contribution < 1.29 is 9.59 Å². The molecule has 1 fully saturated rings. The predicted molar refractivity (Wildman–Crippen MR) is 161 cm³/mol. The molecule has 1 aromatic carbocycles. The zero-order chi connectivity index (χ0) is 27.2. The number of amides is 3. The molecule has 3 amide bonds. The van der Waals surface area contributed by atoms with Gasteiger partial charge in [-0.05, 0) is 23.8 Å². The molecule has 1 aliphatic heterocycles. The molecule has 1 aliphatic rings. The maximum atomic E-state index is 12.3. The fourth-order valence-corrected chi connectivity index (χ4v) is 4.60. The van der Waals surface area contributed by atoms with Crippen LogP contribution in [0.3, 0.4) is 0 Å². The van der Waals surface area contributed by atoms with Crippen LogP contribution in [0.4, 0.5) is 16.4 Å². The highest BCUT2D eigenvalue weighted by molar-refractivity contribution is 7.59. The summed E-state index contributed by atoms with van der Waals surface area (Å²) >= 11 is 0. The number of nitrogens with one attached hydrogen (secondary N) is 4. The van der Waals surface area contributed by atoms with Crippen molar-refractivity contribution >= 4 is 48.0 Å². The molecule has 5 rings (SSSR count). The molecule has 0 unspecified atom stereocenters. The zero-order valence-corrected chi connectivity index (χ0v) is 23.4. The van der Waals surface area contributed by atoms with Crippen molar-refractivity contribution in [2.75, 3.05) is 50.4 Å². The lowest BCUT2D eigenvalue weighted by atomic mass is 9.96. The number of rotatable bonds is 10. The van der Waals surface area contributed by atoms with Gasteiger partial charge in [-0.2, -0.15) is 13.5 Å². The molecule has 208 valence electrons. The second-order valence-electron chi connectivity index (χ2n) is 9.33. The van der Waals surface area contributed by atoms with Gasteiger partial charge in [0.05, 0.1) is 16.8 Å². The van der Waals surface area contributed by atoms with Crippen molar-refractivity contribution in [3.05, 3.63) is 72.3 Å². The lowest BCUT2D eigenvalue weighted by Gasteiger charge is -2.16. The lowest BCUT2D eigenvalue weighted by molar-refractivity contribution is 0.0964. The highest BCUT2D eigenvalue weighted by atomic mass is 32.1. The third-order valence-corrected chi connectivity index (χ3v) is 6.75. The van der Waals surface area contributed by atoms with E-state index in [0.717, 1.165) is 40.1 Å². The summed E-state index contributed by atoms with van der Waals surface area (Å²) < 4.78 is 0. The maximum absolute atomic E-state index is 12.3. The number of aromatic nitrogens is 4. The van der Waals surface area contributed by atoms with Crippen LogP contribution < -0.4 is 21.3 Å². The Kier molecular flexibility index (Phi) is 9.33. The fraction of sp³-hybridized carbons (Fsp3) is 0.286. The van der Waals surface area contributed by atoms with E-state index in [0.29, 0.717) is 37.6 Å². The summed E-state index contributed by atoms with van der Waals surface area (Å²) in [6.45, 7) is 5.41. The minimum absolute atomic E-state index is 0. The predicted octanol–water partition coefficient (Wildman–Crippen LogP) is 3.21. The third kappa shape index (κ3) is 6.40. The molecular weight excluding hydrogens is 526 g/mol. The average molecular weight is 560 g/mol. The van der Waals surface area contributed by atoms with Crippen molar-refractivity contribution in [2.24, 2.45) is 0 Å². The zero-order valence-electron chi connectivity index (χ0n) is 22.4. The number of nitrogens with zero attached hydrogens (tertiary/aromatic N) is 5. The number of para-hydroxylation sites is 1. The van der Waals surface area contributed by atoms with Crippen LogP contribution in [0.25, 0.3) is 22.2 Å². The first-order chi connectivity index (χ1) is 19.0. The molecule has 11 nitrogen and oxygen atoms in total. The summed E-state index contributed by atoms with van der Waals surface area (Å²) in [5.74, 6) is 1.42. The molecule has 40 heavy (non-hydrogen) atoms. The Balaban J connectivity index is 0.00000370. The van der Waals surface area contributed by atoms with Gasteiger partial charge in [0.15, 0.2) is 0 Å². The highest BCUT2D eigenvalue weighted by Crippen LogP contribution is 2.27. The SMILES string of the molecule is CNC(=O)c1ccnc2c([C@H](C)CNc3cc(-c4ccc(NCCN5CCNC5=O)nc4)ncn3)cccc12.S. The van der Waals surface area contributed by atoms with Crippen molar-refractivity contribution in [2.45, 2.75) is 12.8 Å². The van der Waals surface area contributed by atoms with E-state index in [9.17, 15) is 9.59 Å². The topological polar surface area (TPSA) is 137 Å². The Morgan fingerprint density at radius 2 is 1.95 bits per heavy atom. The van der Waals surface area contributed by atoms with E-state index in [1.165, 1.54) is 6.33 Å². The van der Waals surface area contributed by atoms with Gasteiger partial charge in [0, 0.05) is 75.1 Å². The molecular formula is C28H33N9O2S. The first kappa shape index (κ1) is 28.6. The highest BCUT2D eigenvalue weighted by Gasteiger charge is 2.18. The Labute approximate surface area is 239 Å². The maximum Gasteiger partial charge on any atom is 0.317 e. The van der Waals surface area contributed by atoms with Crippen LogP contribution in [0.5, 0.6) is 0 Å². The van der Waals surface area contributed by atoms with Crippen LogP contribution in [0.15, 0.2) is 61.2 Å². The van der Waals surface area contributed by atoms with Gasteiger partial charge in [-0.15, -0.1) is 0 Å². The average Bonchev–Trinajstić information content (AvgIpc) is 3.39. The summed E-state index contributed by atoms with van der Waals surface area (Å²) in [4.78, 5) is 43.6. The molecule has 12 heteroatoms. The number of pyridine rings is 2. The monoisotopic (exact) mass is 559 g/mol. The van der Waals surface area contributed by atoms with Crippen LogP contribution in [0.2, 0.25) is 0 Å². The summed E-state index contributed by atoms with van der Waals surface area (Å²) in [7, 11) is 1.63. The second-order valence-corrected chi connectivity index (χ2v) is 9.33.